The fourth-order valence-electron chi connectivity index (χ4n) is 1.88. The Bertz CT molecular complexity index is 412. The minimum Gasteiger partial charge on any atom is -0.391 e. The molecule has 2 heteroatoms. The van der Waals surface area contributed by atoms with Crippen LogP contribution in [-0.2, 0) is 4.74 Å². The molecule has 0 amide bonds. The minimum atomic E-state index is -0.458. The number of benzene rings is 2. The SMILES string of the molecule is C[C@H](O)COC(c1ccccc1)c1ccccc1. The first-order valence-electron chi connectivity index (χ1n) is 6.17. The maximum Gasteiger partial charge on any atom is 0.108 e. The molecule has 0 spiro atoms. The molecule has 0 heterocycles. The van der Waals surface area contributed by atoms with E-state index in [0.29, 0.717) is 6.61 Å². The second kappa shape index (κ2) is 6.34. The van der Waals surface area contributed by atoms with Gasteiger partial charge in [-0.25, -0.2) is 0 Å². The van der Waals surface area contributed by atoms with Crippen LogP contribution < -0.4 is 0 Å². The number of hydrogen-bond donors (Lipinski definition) is 1. The predicted molar refractivity (Wildman–Crippen MR) is 72.4 cm³/mol. The number of aliphatic hydroxyl groups excluding tert-OH is 1. The molecule has 0 saturated carbocycles. The Morgan fingerprint density at radius 3 is 1.72 bits per heavy atom. The molecule has 0 aliphatic rings. The van der Waals surface area contributed by atoms with Gasteiger partial charge in [0.25, 0.3) is 0 Å². The van der Waals surface area contributed by atoms with E-state index in [0.717, 1.165) is 11.1 Å². The lowest BCUT2D eigenvalue weighted by molar-refractivity contribution is 0.0137. The summed E-state index contributed by atoms with van der Waals surface area (Å²) in [5, 5.41) is 9.37. The summed E-state index contributed by atoms with van der Waals surface area (Å²) in [7, 11) is 0. The standard InChI is InChI=1S/C16H18O2/c1-13(17)12-18-16(14-8-4-2-5-9-14)15-10-6-3-7-11-15/h2-11,13,16-17H,12H2,1H3/t13-/m0/s1. The van der Waals surface area contributed by atoms with Crippen molar-refractivity contribution in [1.29, 1.82) is 0 Å². The van der Waals surface area contributed by atoms with Crippen LogP contribution in [0.5, 0.6) is 0 Å². The van der Waals surface area contributed by atoms with E-state index in [9.17, 15) is 5.11 Å². The van der Waals surface area contributed by atoms with Gasteiger partial charge in [-0.05, 0) is 18.1 Å². The summed E-state index contributed by atoms with van der Waals surface area (Å²) in [5.74, 6) is 0. The molecule has 2 aromatic rings. The Hall–Kier alpha value is -1.64. The van der Waals surface area contributed by atoms with Crippen molar-refractivity contribution in [2.75, 3.05) is 6.61 Å². The fourth-order valence-corrected chi connectivity index (χ4v) is 1.88. The molecule has 0 aliphatic heterocycles. The number of hydrogen-bond acceptors (Lipinski definition) is 2. The quantitative estimate of drug-likeness (QED) is 0.872. The van der Waals surface area contributed by atoms with Gasteiger partial charge in [-0.1, -0.05) is 60.7 Å². The van der Waals surface area contributed by atoms with Gasteiger partial charge < -0.3 is 9.84 Å². The molecule has 0 unspecified atom stereocenters. The van der Waals surface area contributed by atoms with Crippen LogP contribution in [0.4, 0.5) is 0 Å². The third-order valence-corrected chi connectivity index (χ3v) is 2.71. The third-order valence-electron chi connectivity index (χ3n) is 2.71. The van der Waals surface area contributed by atoms with Crippen LogP contribution in [0.15, 0.2) is 60.7 Å². The highest BCUT2D eigenvalue weighted by molar-refractivity contribution is 5.29. The normalized spacial score (nSPS) is 12.6. The van der Waals surface area contributed by atoms with E-state index in [1.165, 1.54) is 0 Å². The highest BCUT2D eigenvalue weighted by Gasteiger charge is 2.14. The molecule has 0 saturated heterocycles. The molecule has 1 atom stereocenters. The smallest absolute Gasteiger partial charge is 0.108 e. The zero-order valence-corrected chi connectivity index (χ0v) is 10.5. The van der Waals surface area contributed by atoms with Crippen molar-refractivity contribution in [2.45, 2.75) is 19.1 Å². The molecule has 2 aromatic carbocycles. The summed E-state index contributed by atoms with van der Waals surface area (Å²) in [6.07, 6.45) is -0.582. The minimum absolute atomic E-state index is 0.123. The van der Waals surface area contributed by atoms with E-state index in [1.807, 2.05) is 60.7 Å². The van der Waals surface area contributed by atoms with Crippen molar-refractivity contribution < 1.29 is 9.84 Å². The van der Waals surface area contributed by atoms with Gasteiger partial charge in [0.1, 0.15) is 6.10 Å². The second-order valence-corrected chi connectivity index (χ2v) is 4.38. The number of aliphatic hydroxyl groups is 1. The Morgan fingerprint density at radius 1 is 0.889 bits per heavy atom. The third kappa shape index (κ3) is 3.42. The predicted octanol–water partition coefficient (Wildman–Crippen LogP) is 3.17. The summed E-state index contributed by atoms with van der Waals surface area (Å²) in [4.78, 5) is 0. The molecule has 0 radical (unpaired) electrons. The van der Waals surface area contributed by atoms with Crippen molar-refractivity contribution in [1.82, 2.24) is 0 Å². The first-order chi connectivity index (χ1) is 8.77. The van der Waals surface area contributed by atoms with Crippen LogP contribution in [0.2, 0.25) is 0 Å². The maximum absolute atomic E-state index is 9.37. The summed E-state index contributed by atoms with van der Waals surface area (Å²) in [5.41, 5.74) is 2.20. The Morgan fingerprint density at radius 2 is 1.33 bits per heavy atom. The van der Waals surface area contributed by atoms with Gasteiger partial charge in [0.2, 0.25) is 0 Å². The second-order valence-electron chi connectivity index (χ2n) is 4.38. The molecule has 1 N–H and O–H groups in total. The van der Waals surface area contributed by atoms with Crippen LogP contribution in [0, 0.1) is 0 Å². The van der Waals surface area contributed by atoms with Gasteiger partial charge in [-0.2, -0.15) is 0 Å². The number of ether oxygens (including phenoxy) is 1. The van der Waals surface area contributed by atoms with E-state index in [2.05, 4.69) is 0 Å². The highest BCUT2D eigenvalue weighted by Crippen LogP contribution is 2.25. The average molecular weight is 242 g/mol. The lowest BCUT2D eigenvalue weighted by Gasteiger charge is -2.19. The summed E-state index contributed by atoms with van der Waals surface area (Å²) in [6, 6.07) is 20.1. The largest absolute Gasteiger partial charge is 0.391 e. The summed E-state index contributed by atoms with van der Waals surface area (Å²) in [6.45, 7) is 2.06. The molecule has 18 heavy (non-hydrogen) atoms. The van der Waals surface area contributed by atoms with Crippen molar-refractivity contribution in [3.63, 3.8) is 0 Å². The van der Waals surface area contributed by atoms with E-state index in [4.69, 9.17) is 4.74 Å². The van der Waals surface area contributed by atoms with Crippen molar-refractivity contribution in [2.24, 2.45) is 0 Å². The zero-order chi connectivity index (χ0) is 12.8. The van der Waals surface area contributed by atoms with Gasteiger partial charge in [0.05, 0.1) is 12.7 Å². The van der Waals surface area contributed by atoms with Crippen LogP contribution in [0.3, 0.4) is 0 Å². The van der Waals surface area contributed by atoms with Gasteiger partial charge in [0, 0.05) is 0 Å². The molecule has 0 bridgehead atoms. The van der Waals surface area contributed by atoms with Crippen molar-refractivity contribution >= 4 is 0 Å². The van der Waals surface area contributed by atoms with E-state index < -0.39 is 6.10 Å². The lowest BCUT2D eigenvalue weighted by Crippen LogP contribution is -2.15. The van der Waals surface area contributed by atoms with Crippen LogP contribution >= 0.6 is 0 Å². The topological polar surface area (TPSA) is 29.5 Å². The van der Waals surface area contributed by atoms with Gasteiger partial charge >= 0.3 is 0 Å². The molecule has 2 rings (SSSR count). The average Bonchev–Trinajstić information content (AvgIpc) is 2.41. The van der Waals surface area contributed by atoms with Gasteiger partial charge in [0.15, 0.2) is 0 Å². The van der Waals surface area contributed by atoms with Crippen LogP contribution in [0.25, 0.3) is 0 Å². The maximum atomic E-state index is 9.37. The Balaban J connectivity index is 2.24. The highest BCUT2D eigenvalue weighted by atomic mass is 16.5. The monoisotopic (exact) mass is 242 g/mol. The van der Waals surface area contributed by atoms with E-state index in [1.54, 1.807) is 6.92 Å². The van der Waals surface area contributed by atoms with E-state index in [-0.39, 0.29) is 6.10 Å². The summed E-state index contributed by atoms with van der Waals surface area (Å²) < 4.78 is 5.83. The summed E-state index contributed by atoms with van der Waals surface area (Å²) >= 11 is 0. The first-order valence-corrected chi connectivity index (χ1v) is 6.17. The molecule has 0 fully saturated rings. The van der Waals surface area contributed by atoms with Crippen molar-refractivity contribution in [3.05, 3.63) is 71.8 Å². The molecule has 94 valence electrons. The molecule has 0 aromatic heterocycles. The molecular weight excluding hydrogens is 224 g/mol. The Kier molecular flexibility index (Phi) is 4.51. The Labute approximate surface area is 108 Å². The van der Waals surface area contributed by atoms with E-state index >= 15 is 0 Å². The number of rotatable bonds is 5. The molecular formula is C16H18O2. The van der Waals surface area contributed by atoms with Gasteiger partial charge in [-0.15, -0.1) is 0 Å². The zero-order valence-electron chi connectivity index (χ0n) is 10.5. The molecule has 2 nitrogen and oxygen atoms in total. The van der Waals surface area contributed by atoms with Crippen LogP contribution in [0.1, 0.15) is 24.2 Å². The first kappa shape index (κ1) is 12.8. The van der Waals surface area contributed by atoms with Crippen LogP contribution in [-0.4, -0.2) is 17.8 Å². The van der Waals surface area contributed by atoms with Crippen molar-refractivity contribution in [3.8, 4) is 0 Å². The fraction of sp³-hybridized carbons (Fsp3) is 0.250. The van der Waals surface area contributed by atoms with Gasteiger partial charge in [-0.3, -0.25) is 0 Å². The molecule has 0 aliphatic carbocycles. The lowest BCUT2D eigenvalue weighted by atomic mass is 10.0.